The minimum absolute atomic E-state index is 0.117. The molecule has 0 bridgehead atoms. The molecule has 0 aliphatic rings. The highest BCUT2D eigenvalue weighted by molar-refractivity contribution is 5.57. The van der Waals surface area contributed by atoms with Gasteiger partial charge in [0.1, 0.15) is 6.07 Å². The van der Waals surface area contributed by atoms with Gasteiger partial charge >= 0.3 is 0 Å². The second-order valence-electron chi connectivity index (χ2n) is 8.54. The standard InChI is InChI=1S/C25H31N5O/c1-6-30(7-2)22(18-10-12-20(13-11-18)25(3,4)5)17-28-24-21(15-26)29-23(31-24)19-9-8-14-27-16-19/h8-14,16,22,28H,6-7,17H2,1-5H3/t22-/m1/s1. The molecule has 31 heavy (non-hydrogen) atoms. The summed E-state index contributed by atoms with van der Waals surface area (Å²) >= 11 is 0. The lowest BCUT2D eigenvalue weighted by molar-refractivity contribution is 0.227. The minimum Gasteiger partial charge on any atom is -0.419 e. The number of rotatable bonds is 8. The Morgan fingerprint density at radius 2 is 1.84 bits per heavy atom. The third kappa shape index (κ3) is 5.31. The zero-order valence-corrected chi connectivity index (χ0v) is 19.0. The maximum Gasteiger partial charge on any atom is 0.232 e. The Morgan fingerprint density at radius 1 is 1.13 bits per heavy atom. The molecule has 6 nitrogen and oxygen atoms in total. The van der Waals surface area contributed by atoms with Crippen molar-refractivity contribution in [3.8, 4) is 17.5 Å². The normalized spacial score (nSPS) is 12.5. The van der Waals surface area contributed by atoms with Gasteiger partial charge in [-0.1, -0.05) is 58.9 Å². The van der Waals surface area contributed by atoms with E-state index in [0.29, 0.717) is 18.3 Å². The van der Waals surface area contributed by atoms with Crippen molar-refractivity contribution < 1.29 is 4.42 Å². The van der Waals surface area contributed by atoms with Crippen molar-refractivity contribution in [3.63, 3.8) is 0 Å². The largest absolute Gasteiger partial charge is 0.419 e. The lowest BCUT2D eigenvalue weighted by Crippen LogP contribution is -2.33. The second-order valence-corrected chi connectivity index (χ2v) is 8.54. The highest BCUT2D eigenvalue weighted by atomic mass is 16.4. The van der Waals surface area contributed by atoms with Gasteiger partial charge in [-0.3, -0.25) is 9.88 Å². The Morgan fingerprint density at radius 3 is 2.39 bits per heavy atom. The van der Waals surface area contributed by atoms with Gasteiger partial charge in [0.2, 0.25) is 17.5 Å². The molecule has 0 amide bonds. The second kappa shape index (κ2) is 9.76. The Kier molecular flexibility index (Phi) is 7.09. The van der Waals surface area contributed by atoms with Crippen molar-refractivity contribution in [2.24, 2.45) is 0 Å². The SMILES string of the molecule is CCN(CC)[C@H](CNc1oc(-c2cccnc2)nc1C#N)c1ccc(C(C)(C)C)cc1. The first-order valence-electron chi connectivity index (χ1n) is 10.8. The van der Waals surface area contributed by atoms with Crippen LogP contribution in [0.25, 0.3) is 11.5 Å². The number of benzene rings is 1. The van der Waals surface area contributed by atoms with Gasteiger partial charge in [0.25, 0.3) is 0 Å². The zero-order chi connectivity index (χ0) is 22.4. The minimum atomic E-state index is 0.117. The summed E-state index contributed by atoms with van der Waals surface area (Å²) in [6.45, 7) is 13.4. The molecule has 0 radical (unpaired) electrons. The van der Waals surface area contributed by atoms with Crippen LogP contribution in [0.5, 0.6) is 0 Å². The molecule has 1 aromatic carbocycles. The van der Waals surface area contributed by atoms with Crippen molar-refractivity contribution in [2.45, 2.75) is 46.1 Å². The van der Waals surface area contributed by atoms with Crippen molar-refractivity contribution in [1.29, 1.82) is 5.26 Å². The topological polar surface area (TPSA) is 78.0 Å². The van der Waals surface area contributed by atoms with Crippen LogP contribution < -0.4 is 5.32 Å². The van der Waals surface area contributed by atoms with E-state index in [1.807, 2.05) is 12.1 Å². The predicted molar refractivity (Wildman–Crippen MR) is 124 cm³/mol. The third-order valence-corrected chi connectivity index (χ3v) is 5.51. The van der Waals surface area contributed by atoms with Gasteiger partial charge in [0, 0.05) is 18.9 Å². The summed E-state index contributed by atoms with van der Waals surface area (Å²) < 4.78 is 5.89. The van der Waals surface area contributed by atoms with E-state index >= 15 is 0 Å². The van der Waals surface area contributed by atoms with Gasteiger partial charge in [-0.05, 0) is 41.8 Å². The van der Waals surface area contributed by atoms with E-state index in [4.69, 9.17) is 4.42 Å². The van der Waals surface area contributed by atoms with E-state index in [9.17, 15) is 5.26 Å². The van der Waals surface area contributed by atoms with Crippen LogP contribution in [0.2, 0.25) is 0 Å². The summed E-state index contributed by atoms with van der Waals surface area (Å²) in [6.07, 6.45) is 3.36. The van der Waals surface area contributed by atoms with Gasteiger partial charge in [0.15, 0.2) is 0 Å². The third-order valence-electron chi connectivity index (χ3n) is 5.51. The molecule has 0 saturated heterocycles. The van der Waals surface area contributed by atoms with E-state index in [1.165, 1.54) is 11.1 Å². The molecular formula is C25H31N5O. The average molecular weight is 418 g/mol. The van der Waals surface area contributed by atoms with Gasteiger partial charge in [0.05, 0.1) is 11.6 Å². The summed E-state index contributed by atoms with van der Waals surface area (Å²) in [5.74, 6) is 0.783. The molecule has 6 heteroatoms. The number of nitrogens with zero attached hydrogens (tertiary/aromatic N) is 4. The van der Waals surface area contributed by atoms with Crippen LogP contribution in [0.4, 0.5) is 5.88 Å². The molecule has 2 heterocycles. The van der Waals surface area contributed by atoms with E-state index in [-0.39, 0.29) is 17.2 Å². The Labute approximate surface area is 184 Å². The van der Waals surface area contributed by atoms with Crippen molar-refractivity contribution in [1.82, 2.24) is 14.9 Å². The zero-order valence-electron chi connectivity index (χ0n) is 19.0. The molecule has 0 aliphatic heterocycles. The van der Waals surface area contributed by atoms with Gasteiger partial charge in [-0.15, -0.1) is 0 Å². The summed E-state index contributed by atoms with van der Waals surface area (Å²) in [4.78, 5) is 10.8. The number of likely N-dealkylation sites (N-methyl/N-ethyl adjacent to an activating group) is 1. The fourth-order valence-electron chi connectivity index (χ4n) is 3.65. The van der Waals surface area contributed by atoms with Crippen LogP contribution in [0.15, 0.2) is 53.2 Å². The van der Waals surface area contributed by atoms with E-state index in [2.05, 4.69) is 85.1 Å². The first-order valence-corrected chi connectivity index (χ1v) is 10.8. The van der Waals surface area contributed by atoms with Gasteiger partial charge < -0.3 is 9.73 Å². The quantitative estimate of drug-likeness (QED) is 0.529. The van der Waals surface area contributed by atoms with Crippen LogP contribution in [-0.2, 0) is 5.41 Å². The van der Waals surface area contributed by atoms with Crippen LogP contribution in [0.3, 0.4) is 0 Å². The van der Waals surface area contributed by atoms with Crippen LogP contribution >= 0.6 is 0 Å². The highest BCUT2D eigenvalue weighted by Crippen LogP contribution is 2.29. The summed E-state index contributed by atoms with van der Waals surface area (Å²) in [5.41, 5.74) is 3.65. The Hall–Kier alpha value is -3.17. The van der Waals surface area contributed by atoms with Gasteiger partial charge in [-0.2, -0.15) is 10.2 Å². The van der Waals surface area contributed by atoms with Crippen LogP contribution in [0, 0.1) is 11.3 Å². The molecule has 0 unspecified atom stereocenters. The van der Waals surface area contributed by atoms with E-state index in [0.717, 1.165) is 18.7 Å². The van der Waals surface area contributed by atoms with E-state index in [1.54, 1.807) is 12.4 Å². The molecular weight excluding hydrogens is 386 g/mol. The van der Waals surface area contributed by atoms with Gasteiger partial charge in [-0.25, -0.2) is 0 Å². The fourth-order valence-corrected chi connectivity index (χ4v) is 3.65. The molecule has 0 saturated carbocycles. The highest BCUT2D eigenvalue weighted by Gasteiger charge is 2.22. The molecule has 0 spiro atoms. The summed E-state index contributed by atoms with van der Waals surface area (Å²) in [6, 6.07) is 14.8. The monoisotopic (exact) mass is 417 g/mol. The Balaban J connectivity index is 1.85. The molecule has 0 aliphatic carbocycles. The number of hydrogen-bond donors (Lipinski definition) is 1. The molecule has 3 aromatic rings. The van der Waals surface area contributed by atoms with Crippen molar-refractivity contribution in [2.75, 3.05) is 25.0 Å². The number of hydrogen-bond acceptors (Lipinski definition) is 6. The lowest BCUT2D eigenvalue weighted by Gasteiger charge is -2.31. The van der Waals surface area contributed by atoms with Crippen molar-refractivity contribution in [3.05, 3.63) is 65.6 Å². The molecule has 1 atom stereocenters. The van der Waals surface area contributed by atoms with Crippen LogP contribution in [-0.4, -0.2) is 34.5 Å². The average Bonchev–Trinajstić information content (AvgIpc) is 3.20. The maximum atomic E-state index is 9.53. The predicted octanol–water partition coefficient (Wildman–Crippen LogP) is 5.40. The number of nitrogens with one attached hydrogen (secondary N) is 1. The van der Waals surface area contributed by atoms with Crippen molar-refractivity contribution >= 4 is 5.88 Å². The molecule has 1 N–H and O–H groups in total. The number of nitriles is 1. The first kappa shape index (κ1) is 22.5. The number of oxazole rings is 1. The Bertz CT molecular complexity index is 1010. The molecule has 2 aromatic heterocycles. The van der Waals surface area contributed by atoms with E-state index < -0.39 is 0 Å². The maximum absolute atomic E-state index is 9.53. The molecule has 3 rings (SSSR count). The smallest absolute Gasteiger partial charge is 0.232 e. The summed E-state index contributed by atoms with van der Waals surface area (Å²) in [5, 5.41) is 12.9. The number of pyridine rings is 1. The lowest BCUT2D eigenvalue weighted by atomic mass is 9.86. The number of anilines is 1. The molecule has 0 fully saturated rings. The number of aromatic nitrogens is 2. The fraction of sp³-hybridized carbons (Fsp3) is 0.400. The summed E-state index contributed by atoms with van der Waals surface area (Å²) in [7, 11) is 0. The van der Waals surface area contributed by atoms with Crippen LogP contribution in [0.1, 0.15) is 57.5 Å². The molecule has 162 valence electrons. The first-order chi connectivity index (χ1) is 14.9.